The lowest BCUT2D eigenvalue weighted by Gasteiger charge is -2.35. The van der Waals surface area contributed by atoms with E-state index >= 15 is 0 Å². The Labute approximate surface area is 229 Å². The second-order valence-electron chi connectivity index (χ2n) is 10.5. The molecule has 1 aromatic rings. The maximum atomic E-state index is 12.9. The number of amides is 2. The second-order valence-corrected chi connectivity index (χ2v) is 10.9. The number of carbonyl (C=O) groups excluding carboxylic acids is 2. The van der Waals surface area contributed by atoms with Gasteiger partial charge in [-0.15, -0.1) is 11.6 Å². The summed E-state index contributed by atoms with van der Waals surface area (Å²) in [6.07, 6.45) is 5.55. The van der Waals surface area contributed by atoms with Gasteiger partial charge in [-0.05, 0) is 57.4 Å². The van der Waals surface area contributed by atoms with E-state index in [0.29, 0.717) is 47.8 Å². The highest BCUT2D eigenvalue weighted by Gasteiger charge is 2.44. The minimum Gasteiger partial charge on any atom is -0.495 e. The predicted octanol–water partition coefficient (Wildman–Crippen LogP) is 3.29. The Morgan fingerprint density at radius 2 is 2.05 bits per heavy atom. The Balaban J connectivity index is 1.80. The third-order valence-electron chi connectivity index (χ3n) is 7.36. The van der Waals surface area contributed by atoms with Crippen LogP contribution < -0.4 is 16.2 Å². The number of ether oxygens (including phenoxy) is 1. The zero-order valence-electron chi connectivity index (χ0n) is 22.5. The zero-order valence-corrected chi connectivity index (χ0v) is 23.2. The summed E-state index contributed by atoms with van der Waals surface area (Å²) in [6.45, 7) is 4.16. The molecule has 1 aliphatic heterocycles. The van der Waals surface area contributed by atoms with Gasteiger partial charge in [-0.3, -0.25) is 15.0 Å². The molecule has 6 N–H and O–H groups in total. The highest BCUT2D eigenvalue weighted by atomic mass is 35.5. The number of benzene rings is 1. The van der Waals surface area contributed by atoms with Gasteiger partial charge in [0.1, 0.15) is 17.6 Å². The lowest BCUT2D eigenvalue weighted by atomic mass is 9.90. The molecule has 2 aliphatic rings. The minimum absolute atomic E-state index is 0.0118. The van der Waals surface area contributed by atoms with Gasteiger partial charge in [0.05, 0.1) is 18.2 Å². The van der Waals surface area contributed by atoms with Crippen LogP contribution in [0, 0.1) is 22.2 Å². The van der Waals surface area contributed by atoms with E-state index in [1.807, 2.05) is 18.7 Å². The molecule has 1 aromatic carbocycles. The summed E-state index contributed by atoms with van der Waals surface area (Å²) in [5, 5.41) is 16.6. The van der Waals surface area contributed by atoms with E-state index in [0.717, 1.165) is 19.1 Å². The van der Waals surface area contributed by atoms with E-state index in [2.05, 4.69) is 4.99 Å². The highest BCUT2D eigenvalue weighted by molar-refractivity contribution is 6.20. The van der Waals surface area contributed by atoms with Gasteiger partial charge in [-0.25, -0.2) is 4.99 Å². The fourth-order valence-corrected chi connectivity index (χ4v) is 5.40. The van der Waals surface area contributed by atoms with E-state index in [1.165, 1.54) is 12.0 Å². The average Bonchev–Trinajstić information content (AvgIpc) is 3.35. The number of rotatable bonds is 8. The SMILES string of the molecule is COc1cc(C(=O)N=C(C=C(N)C2CCC(N3CC(C)(C)C(=O)N(C)C(C=N)C3=N)C2)CCCl)ccc1N. The number of anilines is 1. The molecule has 38 heavy (non-hydrogen) atoms. The molecule has 1 saturated carbocycles. The predicted molar refractivity (Wildman–Crippen MR) is 151 cm³/mol. The van der Waals surface area contributed by atoms with Crippen molar-refractivity contribution in [1.82, 2.24) is 9.80 Å². The molecular weight excluding hydrogens is 506 g/mol. The normalized spacial score (nSPS) is 24.4. The van der Waals surface area contributed by atoms with Crippen LogP contribution in [-0.4, -0.2) is 78.0 Å². The van der Waals surface area contributed by atoms with E-state index in [9.17, 15) is 9.59 Å². The first-order valence-corrected chi connectivity index (χ1v) is 13.2. The van der Waals surface area contributed by atoms with Gasteiger partial charge in [0.15, 0.2) is 0 Å². The number of aliphatic imine (C=N–C) groups is 1. The highest BCUT2D eigenvalue weighted by Crippen LogP contribution is 2.36. The smallest absolute Gasteiger partial charge is 0.277 e. The molecule has 3 atom stereocenters. The molecule has 1 heterocycles. The number of amidine groups is 1. The van der Waals surface area contributed by atoms with Crippen LogP contribution in [0.2, 0.25) is 0 Å². The summed E-state index contributed by atoms with van der Waals surface area (Å²) in [7, 11) is 3.13. The lowest BCUT2D eigenvalue weighted by molar-refractivity contribution is -0.138. The van der Waals surface area contributed by atoms with Crippen LogP contribution in [0.5, 0.6) is 5.75 Å². The van der Waals surface area contributed by atoms with Crippen molar-refractivity contribution in [2.24, 2.45) is 22.1 Å². The Bertz CT molecular complexity index is 1160. The second kappa shape index (κ2) is 12.0. The Morgan fingerprint density at radius 1 is 1.34 bits per heavy atom. The van der Waals surface area contributed by atoms with E-state index in [-0.39, 0.29) is 29.6 Å². The summed E-state index contributed by atoms with van der Waals surface area (Å²) < 4.78 is 5.20. The van der Waals surface area contributed by atoms with Crippen LogP contribution in [-0.2, 0) is 4.79 Å². The molecule has 11 heteroatoms. The Kier molecular flexibility index (Phi) is 9.19. The van der Waals surface area contributed by atoms with Crippen molar-refractivity contribution in [3.05, 3.63) is 35.5 Å². The van der Waals surface area contributed by atoms with Crippen LogP contribution in [0.3, 0.4) is 0 Å². The number of hydrogen-bond acceptors (Lipinski definition) is 7. The third kappa shape index (κ3) is 6.18. The monoisotopic (exact) mass is 543 g/mol. The number of carbonyl (C=O) groups is 2. The van der Waals surface area contributed by atoms with E-state index < -0.39 is 17.4 Å². The van der Waals surface area contributed by atoms with Crippen LogP contribution >= 0.6 is 11.6 Å². The van der Waals surface area contributed by atoms with Gasteiger partial charge >= 0.3 is 0 Å². The number of alkyl halides is 1. The van der Waals surface area contributed by atoms with Gasteiger partial charge in [0.25, 0.3) is 5.91 Å². The molecule has 3 rings (SSSR count). The Morgan fingerprint density at radius 3 is 2.68 bits per heavy atom. The average molecular weight is 544 g/mol. The zero-order chi connectivity index (χ0) is 28.2. The lowest BCUT2D eigenvalue weighted by Crippen LogP contribution is -2.48. The molecule has 0 spiro atoms. The maximum absolute atomic E-state index is 12.9. The molecule has 1 saturated heterocycles. The summed E-state index contributed by atoms with van der Waals surface area (Å²) >= 11 is 5.99. The van der Waals surface area contributed by atoms with Crippen molar-refractivity contribution in [3.8, 4) is 5.75 Å². The fraction of sp³-hybridized carbons (Fsp3) is 0.519. The van der Waals surface area contributed by atoms with Crippen molar-refractivity contribution < 1.29 is 14.3 Å². The number of halogens is 1. The third-order valence-corrected chi connectivity index (χ3v) is 7.55. The number of nitrogen functional groups attached to an aromatic ring is 1. The molecule has 0 radical (unpaired) electrons. The molecule has 2 amide bonds. The Hall–Kier alpha value is -3.40. The number of allylic oxidation sites excluding steroid dienone is 2. The molecule has 1 aliphatic carbocycles. The topological polar surface area (TPSA) is 162 Å². The molecule has 0 aromatic heterocycles. The van der Waals surface area contributed by atoms with Crippen LogP contribution in [0.4, 0.5) is 5.69 Å². The largest absolute Gasteiger partial charge is 0.495 e. The molecule has 10 nitrogen and oxygen atoms in total. The quantitative estimate of drug-likeness (QED) is 0.223. The molecule has 0 bridgehead atoms. The van der Waals surface area contributed by atoms with Crippen molar-refractivity contribution in [2.45, 2.75) is 51.6 Å². The molecule has 2 fully saturated rings. The van der Waals surface area contributed by atoms with Crippen LogP contribution in [0.15, 0.2) is 35.0 Å². The number of nitrogens with zero attached hydrogens (tertiary/aromatic N) is 3. The molecular formula is C27H38ClN7O3. The van der Waals surface area contributed by atoms with E-state index in [4.69, 9.17) is 38.6 Å². The molecule has 3 unspecified atom stereocenters. The first-order valence-electron chi connectivity index (χ1n) is 12.6. The first-order chi connectivity index (χ1) is 17.9. The van der Waals surface area contributed by atoms with Gasteiger partial charge in [-0.2, -0.15) is 0 Å². The molecule has 206 valence electrons. The fourth-order valence-electron chi connectivity index (χ4n) is 5.20. The van der Waals surface area contributed by atoms with Crippen molar-refractivity contribution in [1.29, 1.82) is 10.8 Å². The van der Waals surface area contributed by atoms with Crippen molar-refractivity contribution >= 4 is 46.9 Å². The summed E-state index contributed by atoms with van der Waals surface area (Å²) in [5.41, 5.74) is 13.5. The van der Waals surface area contributed by atoms with Gasteiger partial charge < -0.3 is 31.4 Å². The summed E-state index contributed by atoms with van der Waals surface area (Å²) in [5.74, 6) is 0.432. The number of nitrogens with one attached hydrogen (secondary N) is 2. The standard InChI is InChI=1S/C27H38ClN7O3/c1-27(2)15-35(24(32)22(14-29)34(3)26(27)37)19-7-5-16(11-19)21(31)13-18(9-10-28)33-25(36)17-6-8-20(30)23(12-17)38-4/h6,8,12-14,16,19,22,29,32H,5,7,9-11,15,30-31H2,1-4H3. The van der Waals surface area contributed by atoms with Crippen molar-refractivity contribution in [3.63, 3.8) is 0 Å². The summed E-state index contributed by atoms with van der Waals surface area (Å²) in [6, 6.07) is 4.06. The number of likely N-dealkylation sites (N-methyl/N-ethyl adjacent to an activating group) is 1. The number of methoxy groups -OCH3 is 1. The van der Waals surface area contributed by atoms with Gasteiger partial charge in [0.2, 0.25) is 5.91 Å². The minimum atomic E-state index is -0.698. The summed E-state index contributed by atoms with van der Waals surface area (Å²) in [4.78, 5) is 33.5. The number of hydrogen-bond donors (Lipinski definition) is 4. The van der Waals surface area contributed by atoms with Crippen LogP contribution in [0.25, 0.3) is 0 Å². The van der Waals surface area contributed by atoms with E-state index in [1.54, 1.807) is 31.3 Å². The first kappa shape index (κ1) is 29.2. The van der Waals surface area contributed by atoms with Crippen LogP contribution in [0.1, 0.15) is 49.9 Å². The maximum Gasteiger partial charge on any atom is 0.277 e. The van der Waals surface area contributed by atoms with Gasteiger partial charge in [-0.1, -0.05) is 0 Å². The van der Waals surface area contributed by atoms with Gasteiger partial charge in [0, 0.05) is 61.0 Å². The van der Waals surface area contributed by atoms with Crippen molar-refractivity contribution in [2.75, 3.05) is 32.3 Å². The number of nitrogens with two attached hydrogens (primary N) is 2.